The summed E-state index contributed by atoms with van der Waals surface area (Å²) in [7, 11) is 2.00. The van der Waals surface area contributed by atoms with E-state index in [4.69, 9.17) is 16.3 Å². The number of halogens is 2. The summed E-state index contributed by atoms with van der Waals surface area (Å²) >= 11 is 8.40. The first-order valence-electron chi connectivity index (χ1n) is 9.28. The smallest absolute Gasteiger partial charge is 0.412 e. The molecule has 6 heteroatoms. The summed E-state index contributed by atoms with van der Waals surface area (Å²) in [4.78, 5) is 12.6. The molecule has 1 amide bonds. The van der Waals surface area contributed by atoms with Crippen molar-refractivity contribution in [2.24, 2.45) is 7.05 Å². The number of amides is 1. The van der Waals surface area contributed by atoms with Gasteiger partial charge in [-0.05, 0) is 85.7 Å². The molecule has 1 heterocycles. The zero-order valence-electron chi connectivity index (χ0n) is 17.1. The van der Waals surface area contributed by atoms with Crippen molar-refractivity contribution in [2.75, 3.05) is 5.32 Å². The van der Waals surface area contributed by atoms with Crippen molar-refractivity contribution in [1.82, 2.24) is 4.57 Å². The molecule has 3 aromatic rings. The van der Waals surface area contributed by atoms with Gasteiger partial charge >= 0.3 is 6.09 Å². The van der Waals surface area contributed by atoms with E-state index in [2.05, 4.69) is 44.6 Å². The molecular weight excluding hydrogens is 499 g/mol. The largest absolute Gasteiger partial charge is 0.444 e. The van der Waals surface area contributed by atoms with Crippen LogP contribution in [0.1, 0.15) is 26.5 Å². The van der Waals surface area contributed by atoms with Gasteiger partial charge in [0, 0.05) is 26.9 Å². The van der Waals surface area contributed by atoms with Crippen molar-refractivity contribution in [3.8, 4) is 22.4 Å². The first-order chi connectivity index (χ1) is 13.6. The van der Waals surface area contributed by atoms with Gasteiger partial charge in [-0.3, -0.25) is 5.32 Å². The number of hydrogen-bond acceptors (Lipinski definition) is 2. The van der Waals surface area contributed by atoms with Crippen LogP contribution in [0.25, 0.3) is 22.4 Å². The van der Waals surface area contributed by atoms with Crippen LogP contribution in [0.4, 0.5) is 10.5 Å². The molecule has 0 radical (unpaired) electrons. The summed E-state index contributed by atoms with van der Waals surface area (Å²) in [5.74, 6) is 0. The number of rotatable bonds is 3. The average molecular weight is 523 g/mol. The Morgan fingerprint density at radius 1 is 1.10 bits per heavy atom. The number of hydrogen-bond donors (Lipinski definition) is 1. The minimum absolute atomic E-state index is 0.472. The highest BCUT2D eigenvalue weighted by Gasteiger charge is 2.25. The minimum Gasteiger partial charge on any atom is -0.444 e. The average Bonchev–Trinajstić information content (AvgIpc) is 2.86. The van der Waals surface area contributed by atoms with Gasteiger partial charge in [0.2, 0.25) is 0 Å². The Morgan fingerprint density at radius 2 is 1.76 bits per heavy atom. The fourth-order valence-electron chi connectivity index (χ4n) is 3.23. The van der Waals surface area contributed by atoms with Crippen LogP contribution < -0.4 is 5.32 Å². The van der Waals surface area contributed by atoms with Crippen LogP contribution in [0.15, 0.2) is 48.5 Å². The number of ether oxygens (including phenoxy) is 1. The zero-order chi connectivity index (χ0) is 21.3. The second-order valence-corrected chi connectivity index (χ2v) is 9.57. The third kappa shape index (κ3) is 4.95. The molecule has 152 valence electrons. The van der Waals surface area contributed by atoms with Gasteiger partial charge in [0.15, 0.2) is 0 Å². The molecule has 0 unspecified atom stereocenters. The molecule has 3 rings (SSSR count). The number of benzene rings is 2. The Balaban J connectivity index is 2.21. The first kappa shape index (κ1) is 21.7. The van der Waals surface area contributed by atoms with Crippen molar-refractivity contribution < 1.29 is 9.53 Å². The Kier molecular flexibility index (Phi) is 6.29. The maximum Gasteiger partial charge on any atom is 0.412 e. The van der Waals surface area contributed by atoms with Crippen LogP contribution in [0.2, 0.25) is 5.02 Å². The van der Waals surface area contributed by atoms with E-state index in [0.29, 0.717) is 5.02 Å². The van der Waals surface area contributed by atoms with E-state index in [0.717, 1.165) is 37.3 Å². The third-order valence-electron chi connectivity index (χ3n) is 4.54. The number of carbonyl (C=O) groups is 1. The van der Waals surface area contributed by atoms with E-state index >= 15 is 0 Å². The van der Waals surface area contributed by atoms with Crippen LogP contribution in [-0.4, -0.2) is 16.3 Å². The van der Waals surface area contributed by atoms with Gasteiger partial charge in [-0.25, -0.2) is 4.79 Å². The minimum atomic E-state index is -0.575. The topological polar surface area (TPSA) is 43.3 Å². The second-order valence-electron chi connectivity index (χ2n) is 7.89. The fourth-order valence-corrected chi connectivity index (χ4v) is 3.90. The van der Waals surface area contributed by atoms with Crippen molar-refractivity contribution in [3.05, 3.63) is 62.8 Å². The lowest BCUT2D eigenvalue weighted by atomic mass is 9.99. The van der Waals surface area contributed by atoms with E-state index in [9.17, 15) is 4.79 Å². The first-order valence-corrected chi connectivity index (χ1v) is 10.7. The zero-order valence-corrected chi connectivity index (χ0v) is 20.1. The maximum absolute atomic E-state index is 12.6. The Bertz CT molecular complexity index is 1050. The lowest BCUT2D eigenvalue weighted by molar-refractivity contribution is 0.0636. The van der Waals surface area contributed by atoms with Gasteiger partial charge in [-0.15, -0.1) is 0 Å². The van der Waals surface area contributed by atoms with Gasteiger partial charge in [-0.2, -0.15) is 0 Å². The molecule has 0 spiro atoms. The molecule has 0 bridgehead atoms. The predicted octanol–water partition coefficient (Wildman–Crippen LogP) is 7.27. The summed E-state index contributed by atoms with van der Waals surface area (Å²) in [6.45, 7) is 7.54. The summed E-state index contributed by atoms with van der Waals surface area (Å²) < 4.78 is 8.71. The molecule has 2 aromatic carbocycles. The third-order valence-corrected chi connectivity index (χ3v) is 5.47. The van der Waals surface area contributed by atoms with Crippen molar-refractivity contribution in [3.63, 3.8) is 0 Å². The summed E-state index contributed by atoms with van der Waals surface area (Å²) in [5.41, 5.74) is 5.11. The van der Waals surface area contributed by atoms with Gasteiger partial charge in [0.25, 0.3) is 0 Å². The van der Waals surface area contributed by atoms with Crippen LogP contribution in [-0.2, 0) is 11.8 Å². The highest BCUT2D eigenvalue weighted by atomic mass is 127. The molecule has 29 heavy (non-hydrogen) atoms. The molecule has 0 aliphatic rings. The molecule has 4 nitrogen and oxygen atoms in total. The molecule has 0 atom stereocenters. The molecule has 0 aliphatic carbocycles. The van der Waals surface area contributed by atoms with Gasteiger partial charge in [0.05, 0.1) is 11.4 Å². The number of nitrogens with one attached hydrogen (secondary N) is 1. The Morgan fingerprint density at radius 3 is 2.34 bits per heavy atom. The maximum atomic E-state index is 12.6. The van der Waals surface area contributed by atoms with E-state index < -0.39 is 11.7 Å². The highest BCUT2D eigenvalue weighted by Crippen LogP contribution is 2.42. The van der Waals surface area contributed by atoms with Gasteiger partial charge < -0.3 is 9.30 Å². The van der Waals surface area contributed by atoms with Gasteiger partial charge in [0.1, 0.15) is 5.60 Å². The lowest BCUT2D eigenvalue weighted by Gasteiger charge is -2.20. The Labute approximate surface area is 190 Å². The summed E-state index contributed by atoms with van der Waals surface area (Å²) in [6.07, 6.45) is -0.472. The van der Waals surface area contributed by atoms with Crippen LogP contribution >= 0.6 is 34.2 Å². The Hall–Kier alpha value is -1.99. The van der Waals surface area contributed by atoms with E-state index in [-0.39, 0.29) is 0 Å². The normalized spacial score (nSPS) is 11.4. The standard InChI is InChI=1S/C23H24ClIN2O2/c1-14-20(26-22(28)29-23(2,3)4)19(16-7-6-8-18(25)13-16)21(27(14)5)15-9-11-17(24)12-10-15/h6-13H,1-5H3,(H,26,28). The lowest BCUT2D eigenvalue weighted by Crippen LogP contribution is -2.27. The molecule has 0 saturated heterocycles. The monoisotopic (exact) mass is 522 g/mol. The number of anilines is 1. The molecule has 0 aliphatic heterocycles. The molecule has 1 N–H and O–H groups in total. The number of carbonyl (C=O) groups excluding carboxylic acids is 1. The summed E-state index contributed by atoms with van der Waals surface area (Å²) in [6, 6.07) is 16.0. The fraction of sp³-hybridized carbons (Fsp3) is 0.261. The molecule has 1 aromatic heterocycles. The van der Waals surface area contributed by atoms with Crippen LogP contribution in [0.5, 0.6) is 0 Å². The number of nitrogens with zero attached hydrogens (tertiary/aromatic N) is 1. The molecular formula is C23H24ClIN2O2. The van der Waals surface area contributed by atoms with E-state index in [1.165, 1.54) is 0 Å². The van der Waals surface area contributed by atoms with Crippen molar-refractivity contribution >= 4 is 46.0 Å². The van der Waals surface area contributed by atoms with E-state index in [1.54, 1.807) is 0 Å². The van der Waals surface area contributed by atoms with E-state index in [1.807, 2.05) is 71.1 Å². The van der Waals surface area contributed by atoms with Crippen molar-refractivity contribution in [2.45, 2.75) is 33.3 Å². The SMILES string of the molecule is Cc1c(NC(=O)OC(C)(C)C)c(-c2cccc(I)c2)c(-c2ccc(Cl)cc2)n1C. The van der Waals surface area contributed by atoms with Gasteiger partial charge in [-0.1, -0.05) is 35.9 Å². The highest BCUT2D eigenvalue weighted by molar-refractivity contribution is 14.1. The number of aromatic nitrogens is 1. The molecule has 0 saturated carbocycles. The predicted molar refractivity (Wildman–Crippen MR) is 129 cm³/mol. The van der Waals surface area contributed by atoms with Crippen molar-refractivity contribution in [1.29, 1.82) is 0 Å². The molecule has 0 fully saturated rings. The quantitative estimate of drug-likeness (QED) is 0.368. The summed E-state index contributed by atoms with van der Waals surface area (Å²) in [5, 5.41) is 3.67. The van der Waals surface area contributed by atoms with Crippen LogP contribution in [0, 0.1) is 10.5 Å². The van der Waals surface area contributed by atoms with Crippen LogP contribution in [0.3, 0.4) is 0 Å². The second kappa shape index (κ2) is 8.40.